The van der Waals surface area contributed by atoms with Gasteiger partial charge in [-0.05, 0) is 298 Å². The molecule has 0 bridgehead atoms. The monoisotopic (exact) mass is 2120 g/mol. The molecular formula is C130H205Cl2NO17. The Morgan fingerprint density at radius 2 is 0.520 bits per heavy atom. The first-order valence-corrected chi connectivity index (χ1v) is 54.1. The van der Waals surface area contributed by atoms with Crippen LogP contribution < -0.4 is 0 Å². The zero-order chi connectivity index (χ0) is 118. The normalized spacial score (nSPS) is 14.1. The highest BCUT2D eigenvalue weighted by Crippen LogP contribution is 2.43. The highest BCUT2D eigenvalue weighted by Gasteiger charge is 2.30. The second-order valence-corrected chi connectivity index (χ2v) is 45.8. The second kappa shape index (κ2) is 81.1. The van der Waals surface area contributed by atoms with Crippen LogP contribution in [0.1, 0.15) is 427 Å². The van der Waals surface area contributed by atoms with Crippen LogP contribution in [-0.2, 0) is 60.6 Å². The van der Waals surface area contributed by atoms with E-state index in [9.17, 15) is 63.6 Å². The molecule has 0 heterocycles. The number of aromatic hydroxyl groups is 4. The van der Waals surface area contributed by atoms with Crippen LogP contribution in [0.3, 0.4) is 0 Å². The van der Waals surface area contributed by atoms with Crippen molar-refractivity contribution in [2.45, 2.75) is 429 Å². The SMILES string of the molecule is C=N.CC(/C=C/C(=O)C(C)(C)C)=C\CC/C(C)=C/Cc1c(O)c(Cl)c(C)c(C=O)c1O.CC/C=C(\C)CC/C=C(C)/C=C/C(=O)C(C)(C)C.CC/C=C(\C)CC/C=C(C)/C=C/C(=O)C(C)(C)C.CC/C=C(\C)CC/C=C(\C)C(CC(=O)C(C)(C)C)OC.CC/C=C(\C)CC/C=C(\C)C=O.COC(CC(=O)C(C)(C)C)/C(C)=C/CC/C(C)=C/CO.COC(CC(=O)C(C)(C)C)/C(C)=C/CC/C(C)=C/Cc1c(O)c(Cl)c(C)c(C=O)c1O. The molecule has 6 N–H and O–H groups in total. The number of carbonyl (C=O) groups excluding carboxylic acids is 9. The molecule has 846 valence electrons. The summed E-state index contributed by atoms with van der Waals surface area (Å²) in [5, 5.41) is 55.5. The van der Waals surface area contributed by atoms with Gasteiger partial charge in [-0.1, -0.05) is 335 Å². The summed E-state index contributed by atoms with van der Waals surface area (Å²) in [4.78, 5) is 104. The van der Waals surface area contributed by atoms with Crippen LogP contribution in [0.25, 0.3) is 0 Å². The molecule has 3 atom stereocenters. The van der Waals surface area contributed by atoms with Crippen molar-refractivity contribution in [2.24, 2.45) is 32.5 Å². The number of halogens is 2. The zero-order valence-electron chi connectivity index (χ0n) is 101. The molecule has 150 heavy (non-hydrogen) atoms. The van der Waals surface area contributed by atoms with Crippen molar-refractivity contribution >= 4 is 83.5 Å². The fourth-order valence-electron chi connectivity index (χ4n) is 13.7. The number of aliphatic hydroxyl groups excluding tert-OH is 1. The lowest BCUT2D eigenvalue weighted by Crippen LogP contribution is -2.26. The van der Waals surface area contributed by atoms with Crippen LogP contribution in [-0.4, -0.2) is 132 Å². The Morgan fingerprint density at radius 1 is 0.313 bits per heavy atom. The van der Waals surface area contributed by atoms with Crippen molar-refractivity contribution in [1.82, 2.24) is 0 Å². The summed E-state index contributed by atoms with van der Waals surface area (Å²) in [5.41, 5.74) is 15.9. The summed E-state index contributed by atoms with van der Waals surface area (Å²) in [6, 6.07) is 0. The van der Waals surface area contributed by atoms with E-state index in [-0.39, 0.29) is 155 Å². The number of nitrogens with one attached hydrogen (secondary N) is 1. The van der Waals surface area contributed by atoms with Gasteiger partial charge >= 0.3 is 0 Å². The van der Waals surface area contributed by atoms with Crippen molar-refractivity contribution in [2.75, 3.05) is 27.9 Å². The molecule has 0 aromatic heterocycles. The van der Waals surface area contributed by atoms with Crippen LogP contribution in [0.5, 0.6) is 23.0 Å². The summed E-state index contributed by atoms with van der Waals surface area (Å²) < 4.78 is 16.4. The van der Waals surface area contributed by atoms with Crippen molar-refractivity contribution in [1.29, 1.82) is 5.41 Å². The summed E-state index contributed by atoms with van der Waals surface area (Å²) in [6.07, 6.45) is 61.2. The van der Waals surface area contributed by atoms with Gasteiger partial charge in [0.25, 0.3) is 0 Å². The molecular weight excluding hydrogens is 1920 g/mol. The Balaban J connectivity index is -0.000000409. The topological polar surface area (TPSA) is 306 Å². The third-order valence-corrected chi connectivity index (χ3v) is 25.6. The van der Waals surface area contributed by atoms with Crippen LogP contribution in [0.2, 0.25) is 10.0 Å². The van der Waals surface area contributed by atoms with Crippen LogP contribution in [0.4, 0.5) is 0 Å². The number of rotatable bonds is 51. The quantitative estimate of drug-likeness (QED) is 0.0118. The molecule has 0 amide bonds. The largest absolute Gasteiger partial charge is 0.507 e. The van der Waals surface area contributed by atoms with Gasteiger partial charge in [0.05, 0.1) is 46.1 Å². The number of phenols is 4. The lowest BCUT2D eigenvalue weighted by Gasteiger charge is -2.22. The molecule has 20 heteroatoms. The third kappa shape index (κ3) is 70.5. The van der Waals surface area contributed by atoms with Gasteiger partial charge in [-0.2, -0.15) is 0 Å². The summed E-state index contributed by atoms with van der Waals surface area (Å²) in [5.74, 6) is 0.214. The zero-order valence-corrected chi connectivity index (χ0v) is 103. The molecule has 0 aliphatic rings. The van der Waals surface area contributed by atoms with Gasteiger partial charge in [-0.15, -0.1) is 0 Å². The van der Waals surface area contributed by atoms with Crippen LogP contribution >= 0.6 is 23.2 Å². The summed E-state index contributed by atoms with van der Waals surface area (Å²) >= 11 is 12.2. The van der Waals surface area contributed by atoms with Gasteiger partial charge in [-0.25, -0.2) is 0 Å². The molecule has 0 fully saturated rings. The average molecular weight is 2120 g/mol. The number of ketones is 6. The fraction of sp³-hybridized carbons (Fsp3) is 0.569. The Labute approximate surface area is 921 Å². The van der Waals surface area contributed by atoms with Gasteiger partial charge in [0.2, 0.25) is 0 Å². The van der Waals surface area contributed by atoms with Gasteiger partial charge in [0.1, 0.15) is 46.6 Å². The molecule has 0 radical (unpaired) electrons. The maximum atomic E-state index is 12.3. The van der Waals surface area contributed by atoms with Gasteiger partial charge in [-0.3, -0.25) is 43.2 Å². The number of carbonyl (C=O) groups is 9. The van der Waals surface area contributed by atoms with E-state index < -0.39 is 5.41 Å². The molecule has 0 spiro atoms. The number of aldehydes is 3. The van der Waals surface area contributed by atoms with E-state index >= 15 is 0 Å². The van der Waals surface area contributed by atoms with Gasteiger partial charge in [0, 0.05) is 84.2 Å². The standard InChI is InChI=1S/C25H35ClO5.C24H31ClO4.C18H32O2.C17H30O3.2C17H28O.C11H18O.CH3N/c1-15(9-8-10-16(2)20(31-7)13-21(28)25(4,5)6)11-12-18-23(29)19(14-27)17(3)22(26)24(18)30;1-15(8-7-9-16(2)11-13-20(27)24(4,5)6)10-12-18-22(28)19(14-26)17(3)21(25)23(18)29;1-8-10-14(2)11-9-12-15(3)16(20-7)13-17(19)18(4,5)6;1-13(10-11-18)8-7-9-14(2)15(20-6)12-16(19)17(3,4)5;2*1-7-9-14(2)10-8-11-15(3)12-13-16(18)17(4,5)6;1-4-6-10(2)7-5-8-11(3)9-12;1-2/h10-11,14,20,29-30H,8-9,12-13H2,1-7H3;9-11,13-14,28-29H,7-8,12H2,1-6H3;10,12,16H,8-9,11,13H2,1-7H3;9-10,15,18H,7-8,11-12H2,1-6H3;2*9,11-13H,7-8,10H2,1-6H3;6,8-9H,4-5,7H2,1-3H3;2H,1H2/b15-11+,16-10+;13-11+,15-10+,16-9+;14-10+,15-12+;13-10+,14-9+;2*13-12+,14-9+,15-11+;10-6+,11-8+;. The Bertz CT molecular complexity index is 4910. The van der Waals surface area contributed by atoms with Crippen LogP contribution in [0.15, 0.2) is 200 Å². The number of Topliss-reactive ketones (excluding diaryl/α,β-unsaturated/α-hetero) is 3. The highest BCUT2D eigenvalue weighted by atomic mass is 35.5. The van der Waals surface area contributed by atoms with E-state index in [1.165, 1.54) is 27.9 Å². The number of allylic oxidation sites excluding steroid dienone is 30. The third-order valence-electron chi connectivity index (χ3n) is 24.7. The molecule has 0 aliphatic carbocycles. The predicted molar refractivity (Wildman–Crippen MR) is 639 cm³/mol. The second-order valence-electron chi connectivity index (χ2n) is 45.0. The minimum atomic E-state index is -0.393. The molecule has 0 saturated carbocycles. The minimum Gasteiger partial charge on any atom is -0.507 e. The van der Waals surface area contributed by atoms with E-state index in [1.54, 1.807) is 53.4 Å². The Morgan fingerprint density at radius 3 is 0.707 bits per heavy atom. The summed E-state index contributed by atoms with van der Waals surface area (Å²) in [6.45, 7) is 77.6. The van der Waals surface area contributed by atoms with Crippen molar-refractivity contribution in [3.63, 3.8) is 0 Å². The number of benzene rings is 2. The molecule has 0 aliphatic heterocycles. The molecule has 2 aromatic carbocycles. The first-order valence-electron chi connectivity index (χ1n) is 53.3. The molecule has 2 aromatic rings. The maximum absolute atomic E-state index is 12.3. The Hall–Kier alpha value is -9.66. The first kappa shape index (κ1) is 151. The Kier molecular flexibility index (Phi) is 81.6. The fourth-order valence-corrected chi connectivity index (χ4v) is 14.1. The minimum absolute atomic E-state index is 0.0786. The van der Waals surface area contributed by atoms with E-state index in [0.29, 0.717) is 43.0 Å². The first-order chi connectivity index (χ1) is 69.4. The maximum Gasteiger partial charge on any atom is 0.160 e. The average Bonchev–Trinajstić information content (AvgIpc) is 0.794. The number of phenolic OH excluding ortho intramolecular Hbond substituents is 4. The van der Waals surface area contributed by atoms with E-state index in [2.05, 4.69) is 130 Å². The van der Waals surface area contributed by atoms with Gasteiger partial charge < -0.3 is 45.2 Å². The number of aliphatic hydroxyl groups is 1. The lowest BCUT2D eigenvalue weighted by atomic mass is 9.86. The molecule has 3 unspecified atom stereocenters. The smallest absolute Gasteiger partial charge is 0.160 e. The number of hydrogen-bond donors (Lipinski definition) is 6. The molecule has 18 nitrogen and oxygen atoms in total. The van der Waals surface area contributed by atoms with E-state index in [1.807, 2.05) is 229 Å². The number of methoxy groups -OCH3 is 3. The van der Waals surface area contributed by atoms with E-state index in [0.717, 1.165) is 172 Å². The van der Waals surface area contributed by atoms with Gasteiger partial charge in [0.15, 0.2) is 29.9 Å². The van der Waals surface area contributed by atoms with Crippen molar-refractivity contribution < 1.29 is 82.9 Å². The molecule has 2 rings (SSSR count). The predicted octanol–water partition coefficient (Wildman–Crippen LogP) is 35.1. The summed E-state index contributed by atoms with van der Waals surface area (Å²) in [7, 11) is 4.94. The van der Waals surface area contributed by atoms with Crippen LogP contribution in [0, 0.1) is 51.7 Å². The molecule has 0 saturated heterocycles. The number of ether oxygens (including phenoxy) is 3. The van der Waals surface area contributed by atoms with Crippen molar-refractivity contribution in [3.05, 3.63) is 243 Å². The highest BCUT2D eigenvalue weighted by molar-refractivity contribution is 6.34. The van der Waals surface area contributed by atoms with E-state index in [4.69, 9.17) is 47.9 Å². The number of hydrogen-bond acceptors (Lipinski definition) is 18. The lowest BCUT2D eigenvalue weighted by molar-refractivity contribution is -0.129. The van der Waals surface area contributed by atoms with Crippen molar-refractivity contribution in [3.8, 4) is 23.0 Å².